The number of nitrogens with zero attached hydrogens (tertiary/aromatic N) is 3. The molecule has 1 aromatic heterocycles. The van der Waals surface area contributed by atoms with E-state index >= 15 is 0 Å². The molecule has 1 amide bonds. The van der Waals surface area contributed by atoms with Crippen molar-refractivity contribution in [3.63, 3.8) is 0 Å². The topological polar surface area (TPSA) is 84.7 Å². The summed E-state index contributed by atoms with van der Waals surface area (Å²) in [4.78, 5) is 25.1. The molecule has 0 bridgehead atoms. The third kappa shape index (κ3) is 3.65. The van der Waals surface area contributed by atoms with Gasteiger partial charge in [0.05, 0.1) is 24.4 Å². The van der Waals surface area contributed by atoms with E-state index in [0.717, 1.165) is 11.4 Å². The minimum atomic E-state index is -1.03. The number of carbonyl (C=O) groups excluding carboxylic acids is 1. The average Bonchev–Trinajstić information content (AvgIpc) is 2.77. The Morgan fingerprint density at radius 1 is 1.45 bits per heavy atom. The number of aliphatic carboxylic acids is 1. The highest BCUT2D eigenvalue weighted by molar-refractivity contribution is 5.79. The van der Waals surface area contributed by atoms with Gasteiger partial charge in [-0.05, 0) is 33.8 Å². The van der Waals surface area contributed by atoms with Crippen molar-refractivity contribution in [1.82, 2.24) is 14.7 Å². The van der Waals surface area contributed by atoms with E-state index in [1.165, 1.54) is 0 Å². The molecule has 1 aliphatic rings. The molecule has 122 valence electrons. The maximum Gasteiger partial charge on any atom is 0.334 e. The number of aromatic nitrogens is 2. The maximum atomic E-state index is 12.4. The van der Waals surface area contributed by atoms with Crippen molar-refractivity contribution in [2.24, 2.45) is 0 Å². The molecule has 2 rings (SSSR count). The summed E-state index contributed by atoms with van der Waals surface area (Å²) < 4.78 is 7.17. The molecule has 0 radical (unpaired) electrons. The number of hydrogen-bond donors (Lipinski definition) is 1. The van der Waals surface area contributed by atoms with Crippen molar-refractivity contribution >= 4 is 11.9 Å². The largest absolute Gasteiger partial charge is 0.479 e. The number of rotatable bonds is 4. The minimum absolute atomic E-state index is 0.0670. The molecule has 0 spiro atoms. The smallest absolute Gasteiger partial charge is 0.334 e. The van der Waals surface area contributed by atoms with Gasteiger partial charge in [-0.3, -0.25) is 9.48 Å². The Morgan fingerprint density at radius 2 is 2.14 bits per heavy atom. The molecule has 0 aliphatic carbocycles. The van der Waals surface area contributed by atoms with Crippen LogP contribution in [-0.4, -0.2) is 57.0 Å². The molecular formula is C15H23N3O4. The first-order valence-corrected chi connectivity index (χ1v) is 7.46. The van der Waals surface area contributed by atoms with Crippen LogP contribution in [0.4, 0.5) is 0 Å². The second-order valence-electron chi connectivity index (χ2n) is 6.00. The first-order chi connectivity index (χ1) is 10.3. The molecule has 22 heavy (non-hydrogen) atoms. The number of carbonyl (C=O) groups is 2. The van der Waals surface area contributed by atoms with E-state index in [1.807, 2.05) is 31.5 Å². The van der Waals surface area contributed by atoms with E-state index in [4.69, 9.17) is 9.84 Å². The van der Waals surface area contributed by atoms with Gasteiger partial charge in [0.25, 0.3) is 0 Å². The Bertz CT molecular complexity index is 569. The van der Waals surface area contributed by atoms with Crippen LogP contribution in [-0.2, 0) is 14.3 Å². The lowest BCUT2D eigenvalue weighted by Crippen LogP contribution is -2.52. The number of ether oxygens (including phenoxy) is 1. The van der Waals surface area contributed by atoms with E-state index in [-0.39, 0.29) is 24.6 Å². The lowest BCUT2D eigenvalue weighted by molar-refractivity contribution is -0.166. The molecule has 3 atom stereocenters. The summed E-state index contributed by atoms with van der Waals surface area (Å²) in [6, 6.07) is 1.90. The van der Waals surface area contributed by atoms with Gasteiger partial charge in [0, 0.05) is 18.7 Å². The Kier molecular flexibility index (Phi) is 4.85. The van der Waals surface area contributed by atoms with Crippen LogP contribution >= 0.6 is 0 Å². The zero-order valence-corrected chi connectivity index (χ0v) is 13.4. The van der Waals surface area contributed by atoms with Crippen molar-refractivity contribution in [2.45, 2.75) is 52.4 Å². The van der Waals surface area contributed by atoms with Crippen molar-refractivity contribution in [3.05, 3.63) is 17.5 Å². The summed E-state index contributed by atoms with van der Waals surface area (Å²) in [6.07, 6.45) is -0.930. The van der Waals surface area contributed by atoms with Gasteiger partial charge in [0.15, 0.2) is 6.10 Å². The van der Waals surface area contributed by atoms with Gasteiger partial charge in [0.1, 0.15) is 0 Å². The first-order valence-electron chi connectivity index (χ1n) is 7.46. The number of aryl methyl sites for hydroxylation is 2. The van der Waals surface area contributed by atoms with Gasteiger partial charge >= 0.3 is 5.97 Å². The molecule has 0 aromatic carbocycles. The Balaban J connectivity index is 2.02. The van der Waals surface area contributed by atoms with E-state index < -0.39 is 12.1 Å². The monoisotopic (exact) mass is 309 g/mol. The van der Waals surface area contributed by atoms with E-state index in [9.17, 15) is 9.59 Å². The number of amides is 1. The van der Waals surface area contributed by atoms with Crippen LogP contribution in [0.25, 0.3) is 0 Å². The fourth-order valence-corrected chi connectivity index (χ4v) is 2.85. The van der Waals surface area contributed by atoms with Crippen LogP contribution in [0.5, 0.6) is 0 Å². The Morgan fingerprint density at radius 3 is 2.68 bits per heavy atom. The molecule has 7 heteroatoms. The zero-order chi connectivity index (χ0) is 16.4. The van der Waals surface area contributed by atoms with Crippen LogP contribution in [0, 0.1) is 13.8 Å². The summed E-state index contributed by atoms with van der Waals surface area (Å²) in [5.74, 6) is -1.10. The lowest BCUT2D eigenvalue weighted by Gasteiger charge is -2.35. The second kappa shape index (κ2) is 6.48. The quantitative estimate of drug-likeness (QED) is 0.902. The second-order valence-corrected chi connectivity index (χ2v) is 6.00. The van der Waals surface area contributed by atoms with Gasteiger partial charge in [0.2, 0.25) is 5.91 Å². The highest BCUT2D eigenvalue weighted by atomic mass is 16.5. The molecule has 1 aliphatic heterocycles. The van der Waals surface area contributed by atoms with Gasteiger partial charge in [-0.15, -0.1) is 0 Å². The maximum absolute atomic E-state index is 12.4. The third-order valence-electron chi connectivity index (χ3n) is 3.82. The zero-order valence-electron chi connectivity index (χ0n) is 13.4. The Labute approximate surface area is 129 Å². The van der Waals surface area contributed by atoms with Crippen LogP contribution < -0.4 is 0 Å². The van der Waals surface area contributed by atoms with Crippen LogP contribution in [0.15, 0.2) is 6.07 Å². The van der Waals surface area contributed by atoms with Crippen molar-refractivity contribution in [1.29, 1.82) is 0 Å². The van der Waals surface area contributed by atoms with E-state index in [1.54, 1.807) is 11.8 Å². The molecule has 1 saturated heterocycles. The predicted octanol–water partition coefficient (Wildman–Crippen LogP) is 1.15. The van der Waals surface area contributed by atoms with Crippen molar-refractivity contribution in [3.8, 4) is 0 Å². The van der Waals surface area contributed by atoms with Gasteiger partial charge in [-0.1, -0.05) is 0 Å². The molecule has 2 heterocycles. The standard InChI is InChI=1S/C15H23N3O4/c1-9-5-10(2)18(16-9)11(3)6-14(19)17-7-12(4)22-13(8-17)15(20)21/h5,11-13H,6-8H2,1-4H3,(H,20,21)/t11?,12-,13?/m1/s1. The number of carboxylic acids is 1. The van der Waals surface area contributed by atoms with Gasteiger partial charge in [-0.25, -0.2) is 4.79 Å². The van der Waals surface area contributed by atoms with Crippen molar-refractivity contribution < 1.29 is 19.4 Å². The number of carboxylic acid groups (broad SMARTS) is 1. The molecule has 2 unspecified atom stereocenters. The highest BCUT2D eigenvalue weighted by Gasteiger charge is 2.33. The molecule has 0 saturated carbocycles. The summed E-state index contributed by atoms with van der Waals surface area (Å²) in [7, 11) is 0. The van der Waals surface area contributed by atoms with Crippen LogP contribution in [0.3, 0.4) is 0 Å². The third-order valence-corrected chi connectivity index (χ3v) is 3.82. The fraction of sp³-hybridized carbons (Fsp3) is 0.667. The van der Waals surface area contributed by atoms with Gasteiger partial charge < -0.3 is 14.7 Å². The SMILES string of the molecule is Cc1cc(C)n(C(C)CC(=O)N2CC(C(=O)O)O[C@H](C)C2)n1. The van der Waals surface area contributed by atoms with Gasteiger partial charge in [-0.2, -0.15) is 5.10 Å². The lowest BCUT2D eigenvalue weighted by atomic mass is 10.1. The molecular weight excluding hydrogens is 286 g/mol. The average molecular weight is 309 g/mol. The fourth-order valence-electron chi connectivity index (χ4n) is 2.85. The number of morpholine rings is 1. The molecule has 1 fully saturated rings. The molecule has 1 aromatic rings. The van der Waals surface area contributed by atoms with E-state index in [0.29, 0.717) is 13.0 Å². The molecule has 7 nitrogen and oxygen atoms in total. The number of hydrogen-bond acceptors (Lipinski definition) is 4. The highest BCUT2D eigenvalue weighted by Crippen LogP contribution is 2.18. The predicted molar refractivity (Wildman–Crippen MR) is 79.6 cm³/mol. The van der Waals surface area contributed by atoms with E-state index in [2.05, 4.69) is 5.10 Å². The minimum Gasteiger partial charge on any atom is -0.479 e. The summed E-state index contributed by atoms with van der Waals surface area (Å²) in [5, 5.41) is 13.5. The summed E-state index contributed by atoms with van der Waals surface area (Å²) in [6.45, 7) is 8.11. The molecule has 1 N–H and O–H groups in total. The van der Waals surface area contributed by atoms with Crippen molar-refractivity contribution in [2.75, 3.05) is 13.1 Å². The van der Waals surface area contributed by atoms with Crippen LogP contribution in [0.1, 0.15) is 37.7 Å². The normalized spacial score (nSPS) is 23.4. The summed E-state index contributed by atoms with van der Waals surface area (Å²) in [5.41, 5.74) is 1.93. The first kappa shape index (κ1) is 16.5. The summed E-state index contributed by atoms with van der Waals surface area (Å²) >= 11 is 0. The van der Waals surface area contributed by atoms with Crippen LogP contribution in [0.2, 0.25) is 0 Å². The Hall–Kier alpha value is -1.89.